The van der Waals surface area contributed by atoms with Gasteiger partial charge in [0.05, 0.1) is 10.6 Å². The Labute approximate surface area is 133 Å². The Balaban J connectivity index is 2.14. The van der Waals surface area contributed by atoms with Gasteiger partial charge >= 0.3 is 5.69 Å². The minimum Gasteiger partial charge on any atom is -0.334 e. The quantitative estimate of drug-likeness (QED) is 0.580. The van der Waals surface area contributed by atoms with Crippen LogP contribution in [0.2, 0.25) is 0 Å². The van der Waals surface area contributed by atoms with Gasteiger partial charge in [-0.05, 0) is 43.7 Å². The van der Waals surface area contributed by atoms with Crippen molar-refractivity contribution in [2.24, 2.45) is 0 Å². The number of hydrogen-bond donors (Lipinski definition) is 1. The molecule has 1 N–H and O–H groups in total. The molecule has 0 aliphatic rings. The van der Waals surface area contributed by atoms with Crippen LogP contribution in [-0.2, 0) is 0 Å². The first kappa shape index (κ1) is 14.8. The van der Waals surface area contributed by atoms with Crippen LogP contribution in [0.5, 0.6) is 0 Å². The fraction of sp³-hybridized carbons (Fsp3) is 0.118. The van der Waals surface area contributed by atoms with Gasteiger partial charge in [0, 0.05) is 5.69 Å². The van der Waals surface area contributed by atoms with Crippen LogP contribution in [-0.4, -0.2) is 14.7 Å². The molecule has 0 saturated carbocycles. The van der Waals surface area contributed by atoms with E-state index in [1.807, 2.05) is 61.5 Å². The number of aromatic nitrogens is 2. The first-order valence-electron chi connectivity index (χ1n) is 7.19. The number of nitrogens with one attached hydrogen (secondary N) is 1. The van der Waals surface area contributed by atoms with Crippen LogP contribution in [0, 0.1) is 24.0 Å². The molecule has 116 valence electrons. The Morgan fingerprint density at radius 2 is 1.83 bits per heavy atom. The summed E-state index contributed by atoms with van der Waals surface area (Å²) >= 11 is 0. The average Bonchev–Trinajstić information content (AvgIpc) is 2.84. The van der Waals surface area contributed by atoms with E-state index in [4.69, 9.17) is 0 Å². The molecular weight excluding hydrogens is 292 g/mol. The number of nitrogens with zero attached hydrogens (tertiary/aromatic N) is 3. The maximum atomic E-state index is 11.5. The van der Waals surface area contributed by atoms with Gasteiger partial charge < -0.3 is 5.32 Å². The third kappa shape index (κ3) is 2.91. The molecule has 23 heavy (non-hydrogen) atoms. The second-order valence-corrected chi connectivity index (χ2v) is 5.28. The lowest BCUT2D eigenvalue weighted by molar-refractivity contribution is -0.384. The number of para-hydroxylation sites is 1. The van der Waals surface area contributed by atoms with Gasteiger partial charge in [0.1, 0.15) is 5.69 Å². The number of rotatable bonds is 4. The molecule has 1 aromatic heterocycles. The molecule has 3 aromatic rings. The summed E-state index contributed by atoms with van der Waals surface area (Å²) in [6.45, 7) is 3.61. The summed E-state index contributed by atoms with van der Waals surface area (Å²) in [5, 5.41) is 18.9. The van der Waals surface area contributed by atoms with Crippen molar-refractivity contribution < 1.29 is 4.92 Å². The zero-order valence-corrected chi connectivity index (χ0v) is 12.9. The van der Waals surface area contributed by atoms with E-state index in [9.17, 15) is 10.1 Å². The van der Waals surface area contributed by atoms with Gasteiger partial charge in [-0.1, -0.05) is 30.3 Å². The van der Waals surface area contributed by atoms with E-state index in [1.165, 1.54) is 0 Å². The fourth-order valence-electron chi connectivity index (χ4n) is 2.47. The molecule has 0 unspecified atom stereocenters. The standard InChI is InChI=1S/C17H16N4O2/c1-12-7-6-8-14(11-12)18-17-16(21(22)23)13(2)19-20(17)15-9-4-3-5-10-15/h3-11,18H,1-2H3. The van der Waals surface area contributed by atoms with Gasteiger partial charge in [0.25, 0.3) is 0 Å². The first-order valence-corrected chi connectivity index (χ1v) is 7.19. The van der Waals surface area contributed by atoms with Gasteiger partial charge in [-0.15, -0.1) is 0 Å². The van der Waals surface area contributed by atoms with Crippen LogP contribution in [0.3, 0.4) is 0 Å². The summed E-state index contributed by atoms with van der Waals surface area (Å²) in [6, 6.07) is 17.0. The van der Waals surface area contributed by atoms with E-state index in [0.717, 1.165) is 16.9 Å². The number of nitro groups is 1. The van der Waals surface area contributed by atoms with Gasteiger partial charge in [-0.3, -0.25) is 10.1 Å². The van der Waals surface area contributed by atoms with Crippen molar-refractivity contribution in [1.29, 1.82) is 0 Å². The van der Waals surface area contributed by atoms with Crippen molar-refractivity contribution in [1.82, 2.24) is 9.78 Å². The van der Waals surface area contributed by atoms with Crippen molar-refractivity contribution in [3.8, 4) is 5.69 Å². The molecule has 0 fully saturated rings. The van der Waals surface area contributed by atoms with Crippen molar-refractivity contribution in [2.45, 2.75) is 13.8 Å². The molecule has 0 aliphatic carbocycles. The maximum absolute atomic E-state index is 11.5. The lowest BCUT2D eigenvalue weighted by Crippen LogP contribution is -2.04. The zero-order valence-electron chi connectivity index (χ0n) is 12.9. The van der Waals surface area contributed by atoms with Crippen LogP contribution in [0.25, 0.3) is 5.69 Å². The Hall–Kier alpha value is -3.15. The predicted octanol–water partition coefficient (Wildman–Crippen LogP) is 4.14. The van der Waals surface area contributed by atoms with E-state index in [0.29, 0.717) is 11.5 Å². The summed E-state index contributed by atoms with van der Waals surface area (Å²) < 4.78 is 1.57. The number of hydrogen-bond acceptors (Lipinski definition) is 4. The van der Waals surface area contributed by atoms with E-state index in [1.54, 1.807) is 11.6 Å². The highest BCUT2D eigenvalue weighted by Gasteiger charge is 2.26. The predicted molar refractivity (Wildman–Crippen MR) is 89.4 cm³/mol. The molecule has 0 bridgehead atoms. The summed E-state index contributed by atoms with van der Waals surface area (Å²) in [6.07, 6.45) is 0. The molecule has 0 atom stereocenters. The highest BCUT2D eigenvalue weighted by atomic mass is 16.6. The van der Waals surface area contributed by atoms with Crippen LogP contribution in [0.15, 0.2) is 54.6 Å². The van der Waals surface area contributed by atoms with Gasteiger partial charge in [-0.25, -0.2) is 4.68 Å². The van der Waals surface area contributed by atoms with Crippen molar-refractivity contribution in [3.63, 3.8) is 0 Å². The molecule has 2 aromatic carbocycles. The molecule has 6 heteroatoms. The van der Waals surface area contributed by atoms with Crippen molar-refractivity contribution in [3.05, 3.63) is 76.0 Å². The van der Waals surface area contributed by atoms with E-state index in [2.05, 4.69) is 10.4 Å². The van der Waals surface area contributed by atoms with E-state index in [-0.39, 0.29) is 5.69 Å². The van der Waals surface area contributed by atoms with Gasteiger partial charge in [0.2, 0.25) is 5.82 Å². The van der Waals surface area contributed by atoms with Gasteiger partial charge in [-0.2, -0.15) is 5.10 Å². The highest BCUT2D eigenvalue weighted by molar-refractivity contribution is 5.70. The second-order valence-electron chi connectivity index (χ2n) is 5.28. The Kier molecular flexibility index (Phi) is 3.80. The van der Waals surface area contributed by atoms with Crippen LogP contribution in [0.4, 0.5) is 17.2 Å². The topological polar surface area (TPSA) is 73.0 Å². The molecule has 0 amide bonds. The first-order chi connectivity index (χ1) is 11.1. The summed E-state index contributed by atoms with van der Waals surface area (Å²) in [7, 11) is 0. The van der Waals surface area contributed by atoms with Crippen molar-refractivity contribution in [2.75, 3.05) is 5.32 Å². The molecule has 0 saturated heterocycles. The van der Waals surface area contributed by atoms with Crippen molar-refractivity contribution >= 4 is 17.2 Å². The Bertz CT molecular complexity index is 856. The number of benzene rings is 2. The SMILES string of the molecule is Cc1cccc(Nc2c([N+](=O)[O-])c(C)nn2-c2ccccc2)c1. The monoisotopic (exact) mass is 308 g/mol. The summed E-state index contributed by atoms with van der Waals surface area (Å²) in [4.78, 5) is 11.1. The normalized spacial score (nSPS) is 10.5. The third-order valence-corrected chi connectivity index (χ3v) is 3.49. The van der Waals surface area contributed by atoms with Crippen LogP contribution < -0.4 is 5.32 Å². The zero-order chi connectivity index (χ0) is 16.4. The molecule has 1 heterocycles. The molecular formula is C17H16N4O2. The molecule has 0 aliphatic heterocycles. The summed E-state index contributed by atoms with van der Waals surface area (Å²) in [5.41, 5.74) is 2.97. The number of anilines is 2. The summed E-state index contributed by atoms with van der Waals surface area (Å²) in [5.74, 6) is 0.351. The smallest absolute Gasteiger partial charge is 0.334 e. The van der Waals surface area contributed by atoms with Crippen LogP contribution in [0.1, 0.15) is 11.3 Å². The van der Waals surface area contributed by atoms with Crippen LogP contribution >= 0.6 is 0 Å². The minimum absolute atomic E-state index is 0.0182. The molecule has 6 nitrogen and oxygen atoms in total. The minimum atomic E-state index is -0.403. The highest BCUT2D eigenvalue weighted by Crippen LogP contribution is 2.33. The molecule has 0 spiro atoms. The maximum Gasteiger partial charge on any atom is 0.334 e. The Morgan fingerprint density at radius 3 is 2.48 bits per heavy atom. The van der Waals surface area contributed by atoms with Gasteiger partial charge in [0.15, 0.2) is 0 Å². The molecule has 0 radical (unpaired) electrons. The average molecular weight is 308 g/mol. The third-order valence-electron chi connectivity index (χ3n) is 3.49. The Morgan fingerprint density at radius 1 is 1.09 bits per heavy atom. The molecule has 3 rings (SSSR count). The number of aryl methyl sites for hydroxylation is 2. The second kappa shape index (κ2) is 5.92. The largest absolute Gasteiger partial charge is 0.334 e. The van der Waals surface area contributed by atoms with E-state index < -0.39 is 4.92 Å². The fourth-order valence-corrected chi connectivity index (χ4v) is 2.47. The lowest BCUT2D eigenvalue weighted by Gasteiger charge is -2.09. The lowest BCUT2D eigenvalue weighted by atomic mass is 10.2. The van der Waals surface area contributed by atoms with E-state index >= 15 is 0 Å².